The lowest BCUT2D eigenvalue weighted by Crippen LogP contribution is -1.90. The molecule has 0 spiro atoms. The molecule has 0 saturated carbocycles. The van der Waals surface area contributed by atoms with Crippen molar-refractivity contribution in [2.24, 2.45) is 0 Å². The zero-order valence-corrected chi connectivity index (χ0v) is 12.4. The van der Waals surface area contributed by atoms with Gasteiger partial charge in [-0.15, -0.1) is 22.0 Å². The second-order valence-corrected chi connectivity index (χ2v) is 6.10. The van der Waals surface area contributed by atoms with Crippen LogP contribution in [0.1, 0.15) is 29.5 Å². The Bertz CT molecular complexity index is 723. The van der Waals surface area contributed by atoms with Gasteiger partial charge in [-0.1, -0.05) is 42.5 Å². The first-order chi connectivity index (χ1) is 9.72. The number of hydrogen-bond acceptors (Lipinski definition) is 4. The summed E-state index contributed by atoms with van der Waals surface area (Å²) in [5, 5.41) is 10.8. The molecular formula is C16H16N2OS. The Kier molecular flexibility index (Phi) is 3.74. The van der Waals surface area contributed by atoms with E-state index < -0.39 is 0 Å². The molecule has 0 unspecified atom stereocenters. The van der Waals surface area contributed by atoms with Gasteiger partial charge in [0.25, 0.3) is 0 Å². The Labute approximate surface area is 122 Å². The quantitative estimate of drug-likeness (QED) is 0.705. The summed E-state index contributed by atoms with van der Waals surface area (Å²) < 4.78 is 5.40. The van der Waals surface area contributed by atoms with Crippen molar-refractivity contribution in [2.45, 2.75) is 24.9 Å². The van der Waals surface area contributed by atoms with Crippen LogP contribution in [0.3, 0.4) is 0 Å². The summed E-state index contributed by atoms with van der Waals surface area (Å²) in [7, 11) is 0. The van der Waals surface area contributed by atoms with Crippen molar-refractivity contribution in [3.8, 4) is 0 Å². The van der Waals surface area contributed by atoms with Crippen LogP contribution in [-0.2, 0) is 5.75 Å². The molecule has 0 fully saturated rings. The predicted octanol–water partition coefficient (Wildman–Crippen LogP) is 4.53. The Balaban J connectivity index is 1.73. The SMILES string of the molecule is Cc1nnc(CS[C@H](C)c2ccc3ccccc3c2)o1. The molecule has 1 aromatic heterocycles. The fraction of sp³-hybridized carbons (Fsp3) is 0.250. The van der Waals surface area contributed by atoms with Crippen LogP contribution in [0, 0.1) is 6.92 Å². The molecule has 0 radical (unpaired) electrons. The monoisotopic (exact) mass is 284 g/mol. The first-order valence-electron chi connectivity index (χ1n) is 6.61. The summed E-state index contributed by atoms with van der Waals surface area (Å²) in [5.74, 6) is 2.06. The second kappa shape index (κ2) is 5.67. The number of fused-ring (bicyclic) bond motifs is 1. The van der Waals surface area contributed by atoms with Crippen LogP contribution in [-0.4, -0.2) is 10.2 Å². The number of aromatic nitrogens is 2. The first-order valence-corrected chi connectivity index (χ1v) is 7.66. The minimum Gasteiger partial charge on any atom is -0.425 e. The standard InChI is InChI=1S/C16H16N2OS/c1-11(20-10-16-18-17-12(2)19-16)14-8-7-13-5-3-4-6-15(13)9-14/h3-9,11H,10H2,1-2H3/t11-/m1/s1. The highest BCUT2D eigenvalue weighted by atomic mass is 32.2. The lowest BCUT2D eigenvalue weighted by Gasteiger charge is -2.11. The maximum absolute atomic E-state index is 5.40. The molecule has 20 heavy (non-hydrogen) atoms. The molecule has 102 valence electrons. The summed E-state index contributed by atoms with van der Waals surface area (Å²) >= 11 is 1.81. The predicted molar refractivity (Wildman–Crippen MR) is 82.7 cm³/mol. The Morgan fingerprint density at radius 1 is 1.10 bits per heavy atom. The summed E-state index contributed by atoms with van der Waals surface area (Å²) in [6, 6.07) is 15.1. The van der Waals surface area contributed by atoms with Gasteiger partial charge in [0.15, 0.2) is 0 Å². The van der Waals surface area contributed by atoms with E-state index in [0.29, 0.717) is 17.0 Å². The molecule has 0 aliphatic carbocycles. The molecular weight excluding hydrogens is 268 g/mol. The van der Waals surface area contributed by atoms with Crippen LogP contribution in [0.15, 0.2) is 46.9 Å². The van der Waals surface area contributed by atoms with E-state index in [-0.39, 0.29) is 0 Å². The summed E-state index contributed by atoms with van der Waals surface area (Å²) in [6.07, 6.45) is 0. The van der Waals surface area contributed by atoms with Gasteiger partial charge in [-0.25, -0.2) is 0 Å². The third-order valence-corrected chi connectivity index (χ3v) is 4.45. The summed E-state index contributed by atoms with van der Waals surface area (Å²) in [6.45, 7) is 4.02. The van der Waals surface area contributed by atoms with E-state index in [1.165, 1.54) is 16.3 Å². The number of aryl methyl sites for hydroxylation is 1. The van der Waals surface area contributed by atoms with Crippen LogP contribution in [0.5, 0.6) is 0 Å². The highest BCUT2D eigenvalue weighted by Gasteiger charge is 2.10. The Hall–Kier alpha value is -1.81. The molecule has 3 aromatic rings. The zero-order chi connectivity index (χ0) is 13.9. The molecule has 2 aromatic carbocycles. The topological polar surface area (TPSA) is 38.9 Å². The van der Waals surface area contributed by atoms with Gasteiger partial charge in [0.2, 0.25) is 11.8 Å². The minimum absolute atomic E-state index is 0.395. The van der Waals surface area contributed by atoms with E-state index >= 15 is 0 Å². The first kappa shape index (κ1) is 13.2. The summed E-state index contributed by atoms with van der Waals surface area (Å²) in [5.41, 5.74) is 1.32. The molecule has 4 heteroatoms. The van der Waals surface area contributed by atoms with E-state index in [1.54, 1.807) is 0 Å². The lowest BCUT2D eigenvalue weighted by molar-refractivity contribution is 0.485. The Morgan fingerprint density at radius 3 is 2.65 bits per heavy atom. The normalized spacial score (nSPS) is 12.7. The molecule has 0 N–H and O–H groups in total. The fourth-order valence-electron chi connectivity index (χ4n) is 2.15. The van der Waals surface area contributed by atoms with Gasteiger partial charge in [0, 0.05) is 12.2 Å². The average molecular weight is 284 g/mol. The number of nitrogens with zero attached hydrogens (tertiary/aromatic N) is 2. The zero-order valence-electron chi connectivity index (χ0n) is 11.5. The van der Waals surface area contributed by atoms with E-state index in [2.05, 4.69) is 59.6 Å². The maximum Gasteiger partial charge on any atom is 0.226 e. The molecule has 0 amide bonds. The van der Waals surface area contributed by atoms with Crippen molar-refractivity contribution >= 4 is 22.5 Å². The van der Waals surface area contributed by atoms with Crippen molar-refractivity contribution in [2.75, 3.05) is 0 Å². The van der Waals surface area contributed by atoms with Crippen molar-refractivity contribution in [1.29, 1.82) is 0 Å². The molecule has 0 aliphatic rings. The second-order valence-electron chi connectivity index (χ2n) is 4.77. The third kappa shape index (κ3) is 2.85. The molecule has 0 saturated heterocycles. The van der Waals surface area contributed by atoms with Gasteiger partial charge in [0.05, 0.1) is 5.75 Å². The average Bonchev–Trinajstić information content (AvgIpc) is 2.90. The van der Waals surface area contributed by atoms with Gasteiger partial charge in [-0.05, 0) is 23.3 Å². The van der Waals surface area contributed by atoms with Crippen LogP contribution in [0.2, 0.25) is 0 Å². The van der Waals surface area contributed by atoms with Crippen molar-refractivity contribution < 1.29 is 4.42 Å². The largest absolute Gasteiger partial charge is 0.425 e. The molecule has 3 nitrogen and oxygen atoms in total. The van der Waals surface area contributed by atoms with Crippen LogP contribution < -0.4 is 0 Å². The third-order valence-electron chi connectivity index (χ3n) is 3.27. The highest BCUT2D eigenvalue weighted by Crippen LogP contribution is 2.32. The molecule has 0 bridgehead atoms. The van der Waals surface area contributed by atoms with Gasteiger partial charge in [-0.2, -0.15) is 0 Å². The van der Waals surface area contributed by atoms with Gasteiger partial charge in [-0.3, -0.25) is 0 Å². The van der Waals surface area contributed by atoms with Gasteiger partial charge >= 0.3 is 0 Å². The highest BCUT2D eigenvalue weighted by molar-refractivity contribution is 7.98. The van der Waals surface area contributed by atoms with Crippen molar-refractivity contribution in [3.63, 3.8) is 0 Å². The van der Waals surface area contributed by atoms with Gasteiger partial charge in [0.1, 0.15) is 0 Å². The summed E-state index contributed by atoms with van der Waals surface area (Å²) in [4.78, 5) is 0. The molecule has 0 aliphatic heterocycles. The van der Waals surface area contributed by atoms with Crippen LogP contribution >= 0.6 is 11.8 Å². The lowest BCUT2D eigenvalue weighted by atomic mass is 10.1. The van der Waals surface area contributed by atoms with Crippen LogP contribution in [0.25, 0.3) is 10.8 Å². The van der Waals surface area contributed by atoms with Crippen LogP contribution in [0.4, 0.5) is 0 Å². The van der Waals surface area contributed by atoms with E-state index in [0.717, 1.165) is 5.75 Å². The molecule has 1 atom stereocenters. The Morgan fingerprint density at radius 2 is 1.90 bits per heavy atom. The maximum atomic E-state index is 5.40. The number of hydrogen-bond donors (Lipinski definition) is 0. The fourth-order valence-corrected chi connectivity index (χ4v) is 3.00. The van der Waals surface area contributed by atoms with E-state index in [1.807, 2.05) is 18.7 Å². The van der Waals surface area contributed by atoms with E-state index in [4.69, 9.17) is 4.42 Å². The number of thioether (sulfide) groups is 1. The number of rotatable bonds is 4. The van der Waals surface area contributed by atoms with E-state index in [9.17, 15) is 0 Å². The molecule has 1 heterocycles. The van der Waals surface area contributed by atoms with Gasteiger partial charge < -0.3 is 4.42 Å². The molecule has 3 rings (SSSR count). The van der Waals surface area contributed by atoms with Crippen molar-refractivity contribution in [3.05, 3.63) is 59.8 Å². The van der Waals surface area contributed by atoms with Crippen molar-refractivity contribution in [1.82, 2.24) is 10.2 Å². The number of benzene rings is 2. The minimum atomic E-state index is 0.395. The smallest absolute Gasteiger partial charge is 0.226 e.